The van der Waals surface area contributed by atoms with Gasteiger partial charge < -0.3 is 30.2 Å². The van der Waals surface area contributed by atoms with Gasteiger partial charge in [-0.25, -0.2) is 0 Å². The number of hydrogen-bond donors (Lipinski definition) is 3. The number of rotatable bonds is 9. The summed E-state index contributed by atoms with van der Waals surface area (Å²) in [4.78, 5) is 38.1. The van der Waals surface area contributed by atoms with Crippen LogP contribution in [0.4, 0.5) is 5.69 Å². The van der Waals surface area contributed by atoms with Gasteiger partial charge in [0.25, 0.3) is 0 Å². The van der Waals surface area contributed by atoms with Crippen molar-refractivity contribution in [1.82, 2.24) is 10.6 Å². The molecule has 2 amide bonds. The van der Waals surface area contributed by atoms with Crippen molar-refractivity contribution < 1.29 is 23.8 Å². The zero-order valence-corrected chi connectivity index (χ0v) is 22.6. The zero-order chi connectivity index (χ0) is 27.3. The number of amides is 2. The molecule has 1 aliphatic rings. The minimum Gasteiger partial charge on any atom is -0.493 e. The summed E-state index contributed by atoms with van der Waals surface area (Å²) < 4.78 is 17.0. The van der Waals surface area contributed by atoms with Gasteiger partial charge in [0.2, 0.25) is 23.0 Å². The van der Waals surface area contributed by atoms with Crippen LogP contribution in [-0.2, 0) is 16.0 Å². The highest BCUT2D eigenvalue weighted by atomic mass is 16.5. The number of hydrogen-bond acceptors (Lipinski definition) is 7. The van der Waals surface area contributed by atoms with Crippen LogP contribution in [0.1, 0.15) is 57.7 Å². The highest BCUT2D eigenvalue weighted by Crippen LogP contribution is 2.50. The van der Waals surface area contributed by atoms with E-state index >= 15 is 0 Å². The summed E-state index contributed by atoms with van der Waals surface area (Å²) >= 11 is 0. The quantitative estimate of drug-likeness (QED) is 0.471. The van der Waals surface area contributed by atoms with E-state index in [4.69, 9.17) is 14.2 Å². The van der Waals surface area contributed by atoms with Gasteiger partial charge in [-0.2, -0.15) is 0 Å². The Morgan fingerprint density at radius 1 is 1.05 bits per heavy atom. The Labute approximate surface area is 217 Å². The number of aryl methyl sites for hydroxylation is 1. The third-order valence-corrected chi connectivity index (χ3v) is 6.68. The molecule has 3 N–H and O–H groups in total. The summed E-state index contributed by atoms with van der Waals surface area (Å²) in [5.41, 5.74) is 3.09. The molecule has 0 bridgehead atoms. The highest BCUT2D eigenvalue weighted by molar-refractivity contribution is 5.85. The molecule has 0 aromatic heterocycles. The van der Waals surface area contributed by atoms with Crippen molar-refractivity contribution in [2.24, 2.45) is 0 Å². The largest absolute Gasteiger partial charge is 0.493 e. The second kappa shape index (κ2) is 12.0. The zero-order valence-electron chi connectivity index (χ0n) is 22.6. The number of methoxy groups -OCH3 is 3. The van der Waals surface area contributed by atoms with Gasteiger partial charge in [-0.05, 0) is 68.0 Å². The number of ether oxygens (including phenoxy) is 3. The van der Waals surface area contributed by atoms with E-state index in [9.17, 15) is 14.4 Å². The van der Waals surface area contributed by atoms with Crippen LogP contribution >= 0.6 is 0 Å². The predicted molar refractivity (Wildman–Crippen MR) is 144 cm³/mol. The SMILES string of the molecule is CCC(C)NC(=O)[C@H](C)Nc1ccc2c(cc1=O)[C@@H](NC(C)=O)CCc1cc(OC)c(OC)c(OC)c1-2. The maximum atomic E-state index is 13.4. The Bertz CT molecular complexity index is 1230. The van der Waals surface area contributed by atoms with Crippen molar-refractivity contribution in [3.05, 3.63) is 45.6 Å². The molecule has 9 heteroatoms. The Morgan fingerprint density at radius 2 is 1.76 bits per heavy atom. The lowest BCUT2D eigenvalue weighted by Gasteiger charge is -2.19. The number of anilines is 1. The molecule has 200 valence electrons. The molecule has 3 rings (SSSR count). The average Bonchev–Trinajstić information content (AvgIpc) is 3.11. The van der Waals surface area contributed by atoms with Gasteiger partial charge in [0.1, 0.15) is 6.04 Å². The van der Waals surface area contributed by atoms with E-state index in [1.165, 1.54) is 13.0 Å². The fraction of sp³-hybridized carbons (Fsp3) is 0.464. The Kier molecular flexibility index (Phi) is 9.02. The third-order valence-electron chi connectivity index (χ3n) is 6.68. The molecule has 9 nitrogen and oxygen atoms in total. The molecule has 0 spiro atoms. The van der Waals surface area contributed by atoms with Crippen LogP contribution in [0.25, 0.3) is 11.1 Å². The Morgan fingerprint density at radius 3 is 2.35 bits per heavy atom. The summed E-state index contributed by atoms with van der Waals surface area (Å²) in [6.45, 7) is 7.09. The molecule has 0 fully saturated rings. The second-order valence-electron chi connectivity index (χ2n) is 9.28. The maximum absolute atomic E-state index is 13.4. The summed E-state index contributed by atoms with van der Waals surface area (Å²) in [5.74, 6) is 1.07. The number of benzene rings is 1. The van der Waals surface area contributed by atoms with Crippen LogP contribution < -0.4 is 35.6 Å². The standard InChI is InChI=1S/C28H37N3O6/c1-8-15(2)29-28(34)16(3)30-22-12-10-19-20(14-23(22)33)21(31-17(4)32)11-9-18-13-24(35-5)26(36-6)27(37-7)25(18)19/h10,12-16,21H,8-9,11H2,1-7H3,(H,29,34)(H,30,33)(H,31,32)/t15?,16-,21-/m0/s1. The van der Waals surface area contributed by atoms with Crippen LogP contribution in [0, 0.1) is 0 Å². The van der Waals surface area contributed by atoms with Gasteiger partial charge >= 0.3 is 0 Å². The normalized spacial score (nSPS) is 15.7. The topological polar surface area (TPSA) is 115 Å². The minimum atomic E-state index is -0.624. The smallest absolute Gasteiger partial charge is 0.242 e. The number of carbonyl (C=O) groups excluding carboxylic acids is 2. The molecule has 0 heterocycles. The lowest BCUT2D eigenvalue weighted by molar-refractivity contribution is -0.122. The molecule has 1 unspecified atom stereocenters. The first kappa shape index (κ1) is 27.8. The molecule has 0 aliphatic heterocycles. The molecule has 1 aliphatic carbocycles. The molecular formula is C28H37N3O6. The monoisotopic (exact) mass is 511 g/mol. The fourth-order valence-corrected chi connectivity index (χ4v) is 4.60. The lowest BCUT2D eigenvalue weighted by atomic mass is 9.95. The van der Waals surface area contributed by atoms with Gasteiger partial charge in [0, 0.05) is 18.5 Å². The number of carbonyl (C=O) groups is 2. The van der Waals surface area contributed by atoms with E-state index in [0.29, 0.717) is 35.7 Å². The van der Waals surface area contributed by atoms with E-state index in [2.05, 4.69) is 16.0 Å². The maximum Gasteiger partial charge on any atom is 0.242 e. The molecule has 3 atom stereocenters. The molecule has 2 aromatic carbocycles. The van der Waals surface area contributed by atoms with E-state index in [0.717, 1.165) is 23.1 Å². The van der Waals surface area contributed by atoms with Crippen LogP contribution in [0.5, 0.6) is 17.2 Å². The average molecular weight is 512 g/mol. The Balaban J connectivity index is 2.21. The van der Waals surface area contributed by atoms with Crippen LogP contribution in [0.3, 0.4) is 0 Å². The molecule has 37 heavy (non-hydrogen) atoms. The summed E-state index contributed by atoms with van der Waals surface area (Å²) in [5, 5.41) is 8.98. The number of nitrogens with one attached hydrogen (secondary N) is 3. The molecule has 0 saturated carbocycles. The van der Waals surface area contributed by atoms with Crippen molar-refractivity contribution in [3.8, 4) is 28.4 Å². The van der Waals surface area contributed by atoms with E-state index in [1.807, 2.05) is 26.0 Å². The van der Waals surface area contributed by atoms with E-state index < -0.39 is 12.1 Å². The molecular weight excluding hydrogens is 474 g/mol. The van der Waals surface area contributed by atoms with Crippen molar-refractivity contribution in [2.45, 2.75) is 65.1 Å². The van der Waals surface area contributed by atoms with Crippen LogP contribution in [-0.4, -0.2) is 45.2 Å². The van der Waals surface area contributed by atoms with Gasteiger partial charge in [0.15, 0.2) is 11.5 Å². The van der Waals surface area contributed by atoms with Crippen LogP contribution in [0.2, 0.25) is 0 Å². The van der Waals surface area contributed by atoms with Crippen molar-refractivity contribution >= 4 is 17.5 Å². The van der Waals surface area contributed by atoms with Crippen molar-refractivity contribution in [3.63, 3.8) is 0 Å². The molecule has 0 radical (unpaired) electrons. The van der Waals surface area contributed by atoms with E-state index in [-0.39, 0.29) is 29.0 Å². The first-order chi connectivity index (χ1) is 17.6. The van der Waals surface area contributed by atoms with Gasteiger partial charge in [-0.3, -0.25) is 14.4 Å². The molecule has 2 aromatic rings. The van der Waals surface area contributed by atoms with Crippen molar-refractivity contribution in [2.75, 3.05) is 26.6 Å². The Hall–Kier alpha value is -3.75. The lowest BCUT2D eigenvalue weighted by Crippen LogP contribution is -2.42. The van der Waals surface area contributed by atoms with Gasteiger partial charge in [-0.1, -0.05) is 13.0 Å². The summed E-state index contributed by atoms with van der Waals surface area (Å²) in [6, 6.07) is 5.93. The first-order valence-electron chi connectivity index (χ1n) is 12.5. The van der Waals surface area contributed by atoms with E-state index in [1.54, 1.807) is 34.3 Å². The molecule has 0 saturated heterocycles. The number of fused-ring (bicyclic) bond motifs is 3. The van der Waals surface area contributed by atoms with Crippen molar-refractivity contribution in [1.29, 1.82) is 0 Å². The predicted octanol–water partition coefficient (Wildman–Crippen LogP) is 3.58. The van der Waals surface area contributed by atoms with Gasteiger partial charge in [-0.15, -0.1) is 0 Å². The second-order valence-corrected chi connectivity index (χ2v) is 9.28. The summed E-state index contributed by atoms with van der Waals surface area (Å²) in [7, 11) is 4.66. The first-order valence-corrected chi connectivity index (χ1v) is 12.5. The van der Waals surface area contributed by atoms with Crippen LogP contribution in [0.15, 0.2) is 29.1 Å². The highest BCUT2D eigenvalue weighted by Gasteiger charge is 2.29. The van der Waals surface area contributed by atoms with Gasteiger partial charge in [0.05, 0.1) is 33.1 Å². The minimum absolute atomic E-state index is 0.0285. The fourth-order valence-electron chi connectivity index (χ4n) is 4.60. The third kappa shape index (κ3) is 5.98. The summed E-state index contributed by atoms with van der Waals surface area (Å²) in [6.07, 6.45) is 1.98.